The summed E-state index contributed by atoms with van der Waals surface area (Å²) in [4.78, 5) is 12.1. The first-order valence-corrected chi connectivity index (χ1v) is 6.01. The summed E-state index contributed by atoms with van der Waals surface area (Å²) in [5, 5.41) is 0. The molecule has 16 heavy (non-hydrogen) atoms. The molecule has 2 aliphatic carbocycles. The summed E-state index contributed by atoms with van der Waals surface area (Å²) in [6.07, 6.45) is 4.25. The SMILES string of the molecule is C=C1CC2(c3ccccc3)CCCC2C1=O. The summed E-state index contributed by atoms with van der Waals surface area (Å²) in [6.45, 7) is 3.94. The van der Waals surface area contributed by atoms with Crippen LogP contribution in [0.3, 0.4) is 0 Å². The van der Waals surface area contributed by atoms with Gasteiger partial charge in [0.25, 0.3) is 0 Å². The Bertz CT molecular complexity index is 446. The fourth-order valence-electron chi connectivity index (χ4n) is 3.60. The maximum Gasteiger partial charge on any atom is 0.162 e. The zero-order valence-electron chi connectivity index (χ0n) is 9.41. The van der Waals surface area contributed by atoms with E-state index in [9.17, 15) is 4.79 Å². The average molecular weight is 212 g/mol. The molecule has 2 fully saturated rings. The van der Waals surface area contributed by atoms with Crippen LogP contribution in [0.25, 0.3) is 0 Å². The van der Waals surface area contributed by atoms with Gasteiger partial charge in [-0.05, 0) is 30.4 Å². The molecule has 0 aliphatic heterocycles. The molecule has 0 aromatic heterocycles. The van der Waals surface area contributed by atoms with Crippen LogP contribution >= 0.6 is 0 Å². The van der Waals surface area contributed by atoms with Crippen LogP contribution in [0.15, 0.2) is 42.5 Å². The van der Waals surface area contributed by atoms with Gasteiger partial charge in [0.15, 0.2) is 5.78 Å². The Hall–Kier alpha value is -1.37. The van der Waals surface area contributed by atoms with E-state index in [4.69, 9.17) is 0 Å². The highest BCUT2D eigenvalue weighted by atomic mass is 16.1. The third-order valence-corrected chi connectivity index (χ3v) is 4.33. The molecule has 0 saturated heterocycles. The number of carbonyl (C=O) groups excluding carboxylic acids is 1. The van der Waals surface area contributed by atoms with E-state index in [0.717, 1.165) is 24.8 Å². The Morgan fingerprint density at radius 3 is 2.75 bits per heavy atom. The lowest BCUT2D eigenvalue weighted by atomic mass is 9.74. The molecular formula is C15H16O. The third kappa shape index (κ3) is 1.14. The molecule has 2 unspecified atom stereocenters. The molecule has 0 bridgehead atoms. The van der Waals surface area contributed by atoms with E-state index in [1.807, 2.05) is 6.07 Å². The predicted molar refractivity (Wildman–Crippen MR) is 64.2 cm³/mol. The van der Waals surface area contributed by atoms with Gasteiger partial charge in [-0.15, -0.1) is 0 Å². The van der Waals surface area contributed by atoms with Crippen molar-refractivity contribution in [3.8, 4) is 0 Å². The van der Waals surface area contributed by atoms with Gasteiger partial charge in [0.05, 0.1) is 0 Å². The molecule has 0 N–H and O–H groups in total. The average Bonchev–Trinajstić information content (AvgIpc) is 2.82. The molecule has 1 heteroatoms. The zero-order valence-corrected chi connectivity index (χ0v) is 9.41. The number of hydrogen-bond donors (Lipinski definition) is 0. The van der Waals surface area contributed by atoms with Gasteiger partial charge in [0.1, 0.15) is 0 Å². The molecule has 1 aromatic rings. The standard InChI is InChI=1S/C15H16O/c1-11-10-15(12-6-3-2-4-7-12)9-5-8-13(15)14(11)16/h2-4,6-7,13H,1,5,8-10H2. The minimum atomic E-state index is 0.0927. The zero-order chi connectivity index (χ0) is 11.2. The normalized spacial score (nSPS) is 33.1. The monoisotopic (exact) mass is 212 g/mol. The van der Waals surface area contributed by atoms with Crippen molar-refractivity contribution in [2.75, 3.05) is 0 Å². The van der Waals surface area contributed by atoms with E-state index >= 15 is 0 Å². The highest BCUT2D eigenvalue weighted by molar-refractivity contribution is 6.01. The van der Waals surface area contributed by atoms with Crippen LogP contribution in [0.5, 0.6) is 0 Å². The van der Waals surface area contributed by atoms with Crippen LogP contribution in [0.2, 0.25) is 0 Å². The second kappa shape index (κ2) is 3.31. The van der Waals surface area contributed by atoms with E-state index in [1.54, 1.807) is 0 Å². The van der Waals surface area contributed by atoms with Crippen LogP contribution in [0, 0.1) is 5.92 Å². The van der Waals surface area contributed by atoms with Crippen molar-refractivity contribution in [2.24, 2.45) is 5.92 Å². The van der Waals surface area contributed by atoms with Gasteiger partial charge < -0.3 is 0 Å². The van der Waals surface area contributed by atoms with Gasteiger partial charge in [-0.3, -0.25) is 4.79 Å². The lowest BCUT2D eigenvalue weighted by Crippen LogP contribution is -2.27. The molecule has 0 radical (unpaired) electrons. The maximum absolute atomic E-state index is 12.1. The number of ketones is 1. The summed E-state index contributed by atoms with van der Waals surface area (Å²) in [6, 6.07) is 10.5. The number of benzene rings is 1. The Balaban J connectivity index is 2.10. The Morgan fingerprint density at radius 2 is 2.00 bits per heavy atom. The van der Waals surface area contributed by atoms with E-state index in [0.29, 0.717) is 5.78 Å². The second-order valence-corrected chi connectivity index (χ2v) is 5.11. The molecule has 1 nitrogen and oxygen atoms in total. The van der Waals surface area contributed by atoms with Crippen molar-refractivity contribution in [3.63, 3.8) is 0 Å². The van der Waals surface area contributed by atoms with Gasteiger partial charge in [-0.2, -0.15) is 0 Å². The number of rotatable bonds is 1. The van der Waals surface area contributed by atoms with Gasteiger partial charge in [0, 0.05) is 11.3 Å². The smallest absolute Gasteiger partial charge is 0.162 e. The molecule has 0 spiro atoms. The largest absolute Gasteiger partial charge is 0.294 e. The molecule has 2 saturated carbocycles. The van der Waals surface area contributed by atoms with Crippen molar-refractivity contribution in [1.82, 2.24) is 0 Å². The van der Waals surface area contributed by atoms with Gasteiger partial charge in [-0.1, -0.05) is 43.3 Å². The van der Waals surface area contributed by atoms with Crippen molar-refractivity contribution in [1.29, 1.82) is 0 Å². The summed E-state index contributed by atoms with van der Waals surface area (Å²) in [5.74, 6) is 0.531. The predicted octanol–water partition coefficient (Wildman–Crippen LogP) is 3.25. The van der Waals surface area contributed by atoms with Gasteiger partial charge in [-0.25, -0.2) is 0 Å². The summed E-state index contributed by atoms with van der Waals surface area (Å²) in [5.41, 5.74) is 2.27. The van der Waals surface area contributed by atoms with Gasteiger partial charge >= 0.3 is 0 Å². The Kier molecular flexibility index (Phi) is 2.03. The first kappa shape index (κ1) is 9.83. The van der Waals surface area contributed by atoms with E-state index < -0.39 is 0 Å². The van der Waals surface area contributed by atoms with Gasteiger partial charge in [0.2, 0.25) is 0 Å². The fraction of sp³-hybridized carbons (Fsp3) is 0.400. The van der Waals surface area contributed by atoms with Crippen molar-refractivity contribution in [2.45, 2.75) is 31.1 Å². The fourth-order valence-corrected chi connectivity index (χ4v) is 3.60. The number of allylic oxidation sites excluding steroid dienone is 1. The maximum atomic E-state index is 12.1. The Labute approximate surface area is 96.2 Å². The first-order chi connectivity index (χ1) is 7.74. The van der Waals surface area contributed by atoms with Crippen molar-refractivity contribution >= 4 is 5.78 Å². The quantitative estimate of drug-likeness (QED) is 0.653. The molecular weight excluding hydrogens is 196 g/mol. The van der Waals surface area contributed by atoms with Crippen LogP contribution in [0.1, 0.15) is 31.2 Å². The summed E-state index contributed by atoms with van der Waals surface area (Å²) in [7, 11) is 0. The topological polar surface area (TPSA) is 17.1 Å². The highest BCUT2D eigenvalue weighted by Gasteiger charge is 2.53. The third-order valence-electron chi connectivity index (χ3n) is 4.33. The molecule has 1 aromatic carbocycles. The minimum absolute atomic E-state index is 0.0927. The molecule has 0 amide bonds. The second-order valence-electron chi connectivity index (χ2n) is 5.11. The number of Topliss-reactive ketones (excluding diaryl/α,β-unsaturated/α-hetero) is 1. The Morgan fingerprint density at radius 1 is 1.25 bits per heavy atom. The van der Waals surface area contributed by atoms with Crippen molar-refractivity contribution in [3.05, 3.63) is 48.0 Å². The van der Waals surface area contributed by atoms with Crippen LogP contribution in [0.4, 0.5) is 0 Å². The first-order valence-electron chi connectivity index (χ1n) is 6.01. The highest BCUT2D eigenvalue weighted by Crippen LogP contribution is 2.55. The molecule has 0 heterocycles. The summed E-state index contributed by atoms with van der Waals surface area (Å²) < 4.78 is 0. The number of carbonyl (C=O) groups is 1. The van der Waals surface area contributed by atoms with Crippen LogP contribution in [-0.2, 0) is 10.2 Å². The minimum Gasteiger partial charge on any atom is -0.294 e. The lowest BCUT2D eigenvalue weighted by Gasteiger charge is -2.28. The number of fused-ring (bicyclic) bond motifs is 1. The number of hydrogen-bond acceptors (Lipinski definition) is 1. The van der Waals surface area contributed by atoms with Crippen LogP contribution < -0.4 is 0 Å². The lowest BCUT2D eigenvalue weighted by molar-refractivity contribution is -0.118. The van der Waals surface area contributed by atoms with E-state index in [1.165, 1.54) is 12.0 Å². The molecule has 2 atom stereocenters. The van der Waals surface area contributed by atoms with E-state index in [2.05, 4.69) is 30.8 Å². The van der Waals surface area contributed by atoms with Crippen molar-refractivity contribution < 1.29 is 4.79 Å². The van der Waals surface area contributed by atoms with Crippen LogP contribution in [-0.4, -0.2) is 5.78 Å². The van der Waals surface area contributed by atoms with E-state index in [-0.39, 0.29) is 11.3 Å². The summed E-state index contributed by atoms with van der Waals surface area (Å²) >= 11 is 0. The molecule has 82 valence electrons. The molecule has 2 aliphatic rings. The molecule has 3 rings (SSSR count).